The molecule has 1 saturated heterocycles. The van der Waals surface area contributed by atoms with Gasteiger partial charge in [-0.25, -0.2) is 4.79 Å². The Hall–Kier alpha value is -1.26. The van der Waals surface area contributed by atoms with Crippen LogP contribution in [-0.2, 0) is 4.74 Å². The van der Waals surface area contributed by atoms with Crippen molar-refractivity contribution in [3.8, 4) is 0 Å². The molecule has 0 saturated carbocycles. The summed E-state index contributed by atoms with van der Waals surface area (Å²) in [7, 11) is 0. The van der Waals surface area contributed by atoms with Crippen LogP contribution < -0.4 is 5.32 Å². The molecular formula is C16H22ClNO3. The highest BCUT2D eigenvalue weighted by atomic mass is 35.5. The van der Waals surface area contributed by atoms with Gasteiger partial charge in [-0.1, -0.05) is 18.5 Å². The van der Waals surface area contributed by atoms with E-state index in [0.717, 1.165) is 43.7 Å². The van der Waals surface area contributed by atoms with E-state index in [1.54, 1.807) is 0 Å². The summed E-state index contributed by atoms with van der Waals surface area (Å²) in [6, 6.07) is 3.62. The third kappa shape index (κ3) is 3.89. The van der Waals surface area contributed by atoms with Crippen LogP contribution in [0.4, 0.5) is 5.69 Å². The van der Waals surface area contributed by atoms with Gasteiger partial charge in [0.1, 0.15) is 0 Å². The molecule has 1 aromatic rings. The molecule has 0 amide bonds. The zero-order valence-corrected chi connectivity index (χ0v) is 13.2. The molecule has 0 aliphatic carbocycles. The lowest BCUT2D eigenvalue weighted by Gasteiger charge is -2.31. The number of carboxylic acid groups (broad SMARTS) is 1. The van der Waals surface area contributed by atoms with Gasteiger partial charge in [-0.3, -0.25) is 0 Å². The van der Waals surface area contributed by atoms with Crippen molar-refractivity contribution in [2.24, 2.45) is 5.92 Å². The normalized spacial score (nSPS) is 17.5. The number of benzene rings is 1. The van der Waals surface area contributed by atoms with Crippen molar-refractivity contribution in [3.63, 3.8) is 0 Å². The highest BCUT2D eigenvalue weighted by Crippen LogP contribution is 2.29. The Balaban J connectivity index is 2.22. The molecule has 1 aliphatic rings. The molecule has 1 aliphatic heterocycles. The highest BCUT2D eigenvalue weighted by Gasteiger charge is 2.24. The van der Waals surface area contributed by atoms with Gasteiger partial charge in [-0.2, -0.15) is 0 Å². The number of hydrogen-bond acceptors (Lipinski definition) is 3. The Kier molecular flexibility index (Phi) is 5.48. The lowest BCUT2D eigenvalue weighted by molar-refractivity contribution is 0.0602. The maximum Gasteiger partial charge on any atom is 0.336 e. The maximum atomic E-state index is 11.3. The highest BCUT2D eigenvalue weighted by molar-refractivity contribution is 6.31. The molecule has 4 nitrogen and oxygen atoms in total. The number of anilines is 1. The predicted molar refractivity (Wildman–Crippen MR) is 84.4 cm³/mol. The first-order valence-corrected chi connectivity index (χ1v) is 7.78. The van der Waals surface area contributed by atoms with Crippen LogP contribution >= 0.6 is 11.6 Å². The van der Waals surface area contributed by atoms with Gasteiger partial charge in [0.15, 0.2) is 0 Å². The summed E-state index contributed by atoms with van der Waals surface area (Å²) in [6.45, 7) is 5.57. The Morgan fingerprint density at radius 3 is 2.71 bits per heavy atom. The van der Waals surface area contributed by atoms with Gasteiger partial charge in [0.25, 0.3) is 0 Å². The summed E-state index contributed by atoms with van der Waals surface area (Å²) in [4.78, 5) is 11.3. The number of ether oxygens (including phenoxy) is 1. The van der Waals surface area contributed by atoms with Crippen molar-refractivity contribution in [2.45, 2.75) is 39.2 Å². The second-order valence-electron chi connectivity index (χ2n) is 5.54. The smallest absolute Gasteiger partial charge is 0.336 e. The van der Waals surface area contributed by atoms with Crippen molar-refractivity contribution >= 4 is 23.3 Å². The Bertz CT molecular complexity index is 512. The molecule has 116 valence electrons. The first-order chi connectivity index (χ1) is 10.0. The maximum absolute atomic E-state index is 11.3. The summed E-state index contributed by atoms with van der Waals surface area (Å²) in [5, 5.41) is 13.2. The first-order valence-electron chi connectivity index (χ1n) is 7.40. The Morgan fingerprint density at radius 1 is 1.48 bits per heavy atom. The number of carbonyl (C=O) groups is 1. The van der Waals surface area contributed by atoms with E-state index >= 15 is 0 Å². The number of nitrogens with one attached hydrogen (secondary N) is 1. The van der Waals surface area contributed by atoms with Crippen LogP contribution in [0.5, 0.6) is 0 Å². The van der Waals surface area contributed by atoms with E-state index < -0.39 is 5.97 Å². The quantitative estimate of drug-likeness (QED) is 0.864. The molecule has 1 unspecified atom stereocenters. The second-order valence-corrected chi connectivity index (χ2v) is 5.98. The zero-order valence-electron chi connectivity index (χ0n) is 12.5. The van der Waals surface area contributed by atoms with Crippen molar-refractivity contribution in [1.29, 1.82) is 0 Å². The van der Waals surface area contributed by atoms with Crippen molar-refractivity contribution < 1.29 is 14.6 Å². The number of rotatable bonds is 5. The van der Waals surface area contributed by atoms with Gasteiger partial charge in [0, 0.05) is 30.0 Å². The van der Waals surface area contributed by atoms with E-state index in [9.17, 15) is 9.90 Å². The second kappa shape index (κ2) is 7.14. The fraction of sp³-hybridized carbons (Fsp3) is 0.562. The zero-order chi connectivity index (χ0) is 15.4. The van der Waals surface area contributed by atoms with E-state index in [0.29, 0.717) is 17.0 Å². The molecule has 0 radical (unpaired) electrons. The minimum Gasteiger partial charge on any atom is -0.478 e. The first kappa shape index (κ1) is 16.1. The molecule has 0 aromatic heterocycles. The number of halogens is 1. The SMILES string of the molecule is CCC(Nc1cc(Cl)cc(C(=O)O)c1C)C1CCOCC1. The fourth-order valence-electron chi connectivity index (χ4n) is 2.92. The molecule has 2 rings (SSSR count). The van der Waals surface area contributed by atoms with Crippen molar-refractivity contribution in [1.82, 2.24) is 0 Å². The van der Waals surface area contributed by atoms with Gasteiger partial charge < -0.3 is 15.2 Å². The summed E-state index contributed by atoms with van der Waals surface area (Å²) in [5.74, 6) is -0.396. The summed E-state index contributed by atoms with van der Waals surface area (Å²) >= 11 is 6.06. The molecule has 1 atom stereocenters. The Labute approximate surface area is 130 Å². The fourth-order valence-corrected chi connectivity index (χ4v) is 3.14. The third-order valence-electron chi connectivity index (χ3n) is 4.22. The standard InChI is InChI=1S/C16H22ClNO3/c1-3-14(11-4-6-21-7-5-11)18-15-9-12(17)8-13(10(15)2)16(19)20/h8-9,11,14,18H,3-7H2,1-2H3,(H,19,20). The molecular weight excluding hydrogens is 290 g/mol. The van der Waals surface area contributed by atoms with Crippen LogP contribution in [-0.4, -0.2) is 30.3 Å². The molecule has 1 aromatic carbocycles. The molecule has 5 heteroatoms. The van der Waals surface area contributed by atoms with Crippen molar-refractivity contribution in [3.05, 3.63) is 28.3 Å². The largest absolute Gasteiger partial charge is 0.478 e. The van der Waals surface area contributed by atoms with Crippen LogP contribution in [0.1, 0.15) is 42.1 Å². The number of hydrogen-bond donors (Lipinski definition) is 2. The monoisotopic (exact) mass is 311 g/mol. The summed E-state index contributed by atoms with van der Waals surface area (Å²) in [5.41, 5.74) is 1.81. The molecule has 2 N–H and O–H groups in total. The Morgan fingerprint density at radius 2 is 2.14 bits per heavy atom. The van der Waals surface area contributed by atoms with E-state index in [1.165, 1.54) is 6.07 Å². The lowest BCUT2D eigenvalue weighted by Crippen LogP contribution is -2.33. The van der Waals surface area contributed by atoms with Gasteiger partial charge in [0.2, 0.25) is 0 Å². The molecule has 1 fully saturated rings. The van der Waals surface area contributed by atoms with Gasteiger partial charge in [-0.05, 0) is 49.8 Å². The minimum atomic E-state index is -0.947. The molecule has 0 bridgehead atoms. The summed E-state index contributed by atoms with van der Waals surface area (Å²) in [6.07, 6.45) is 3.06. The number of carboxylic acids is 1. The van der Waals surface area contributed by atoms with Gasteiger partial charge >= 0.3 is 5.97 Å². The van der Waals surface area contributed by atoms with Crippen LogP contribution in [0.3, 0.4) is 0 Å². The van der Waals surface area contributed by atoms with Crippen LogP contribution in [0.25, 0.3) is 0 Å². The topological polar surface area (TPSA) is 58.6 Å². The lowest BCUT2D eigenvalue weighted by atomic mass is 9.89. The molecule has 21 heavy (non-hydrogen) atoms. The van der Waals surface area contributed by atoms with Crippen LogP contribution in [0.2, 0.25) is 5.02 Å². The summed E-state index contributed by atoms with van der Waals surface area (Å²) < 4.78 is 5.41. The van der Waals surface area contributed by atoms with Gasteiger partial charge in [-0.15, -0.1) is 0 Å². The predicted octanol–water partition coefficient (Wildman–Crippen LogP) is 3.96. The molecule has 1 heterocycles. The van der Waals surface area contributed by atoms with Crippen LogP contribution in [0.15, 0.2) is 12.1 Å². The molecule has 0 spiro atoms. The van der Waals surface area contributed by atoms with Crippen LogP contribution in [0, 0.1) is 12.8 Å². The third-order valence-corrected chi connectivity index (χ3v) is 4.44. The van der Waals surface area contributed by atoms with E-state index in [-0.39, 0.29) is 5.56 Å². The van der Waals surface area contributed by atoms with E-state index in [4.69, 9.17) is 16.3 Å². The van der Waals surface area contributed by atoms with Gasteiger partial charge in [0.05, 0.1) is 5.56 Å². The van der Waals surface area contributed by atoms with Crippen molar-refractivity contribution in [2.75, 3.05) is 18.5 Å². The average Bonchev–Trinajstić information content (AvgIpc) is 2.48. The number of aromatic carboxylic acids is 1. The van der Waals surface area contributed by atoms with E-state index in [1.807, 2.05) is 13.0 Å². The minimum absolute atomic E-state index is 0.256. The van der Waals surface area contributed by atoms with E-state index in [2.05, 4.69) is 12.2 Å². The average molecular weight is 312 g/mol.